The molecule has 2 amide bonds. The number of ether oxygens (including phenoxy) is 1. The number of hydrogen-bond donors (Lipinski definition) is 1. The van der Waals surface area contributed by atoms with Crippen molar-refractivity contribution in [2.45, 2.75) is 18.9 Å². The third-order valence-electron chi connectivity index (χ3n) is 4.32. The molecule has 126 valence electrons. The van der Waals surface area contributed by atoms with Gasteiger partial charge in [-0.05, 0) is 31.0 Å². The Morgan fingerprint density at radius 1 is 1.35 bits per heavy atom. The SMILES string of the molecule is O=C(Nc1ccc(F)cc1Cl)N1CCN(CC2CCCO2)CC1. The molecule has 1 N–H and O–H groups in total. The van der Waals surface area contributed by atoms with E-state index in [1.165, 1.54) is 18.2 Å². The molecule has 23 heavy (non-hydrogen) atoms. The molecule has 7 heteroatoms. The Bertz CT molecular complexity index is 558. The summed E-state index contributed by atoms with van der Waals surface area (Å²) in [5, 5.41) is 2.94. The molecule has 0 spiro atoms. The van der Waals surface area contributed by atoms with E-state index in [9.17, 15) is 9.18 Å². The van der Waals surface area contributed by atoms with E-state index in [2.05, 4.69) is 10.2 Å². The first kappa shape index (κ1) is 16.5. The Hall–Kier alpha value is -1.37. The highest BCUT2D eigenvalue weighted by molar-refractivity contribution is 6.33. The summed E-state index contributed by atoms with van der Waals surface area (Å²) in [6, 6.07) is 3.75. The van der Waals surface area contributed by atoms with Gasteiger partial charge in [0, 0.05) is 39.3 Å². The molecule has 1 unspecified atom stereocenters. The van der Waals surface area contributed by atoms with Gasteiger partial charge in [-0.2, -0.15) is 0 Å². The molecule has 2 fully saturated rings. The Labute approximate surface area is 140 Å². The summed E-state index contributed by atoms with van der Waals surface area (Å²) < 4.78 is 18.7. The van der Waals surface area contributed by atoms with Crippen LogP contribution in [-0.2, 0) is 4.74 Å². The average molecular weight is 342 g/mol. The highest BCUT2D eigenvalue weighted by atomic mass is 35.5. The number of piperazine rings is 1. The van der Waals surface area contributed by atoms with Crippen LogP contribution in [0.1, 0.15) is 12.8 Å². The van der Waals surface area contributed by atoms with E-state index in [-0.39, 0.29) is 11.1 Å². The number of urea groups is 1. The van der Waals surface area contributed by atoms with Crippen molar-refractivity contribution in [2.24, 2.45) is 0 Å². The average Bonchev–Trinajstić information content (AvgIpc) is 3.04. The molecular weight excluding hydrogens is 321 g/mol. The van der Waals surface area contributed by atoms with E-state index < -0.39 is 5.82 Å². The largest absolute Gasteiger partial charge is 0.377 e. The second-order valence-electron chi connectivity index (χ2n) is 5.98. The van der Waals surface area contributed by atoms with E-state index >= 15 is 0 Å². The van der Waals surface area contributed by atoms with Gasteiger partial charge in [-0.1, -0.05) is 11.6 Å². The summed E-state index contributed by atoms with van der Waals surface area (Å²) >= 11 is 5.94. The number of hydrogen-bond acceptors (Lipinski definition) is 3. The minimum absolute atomic E-state index is 0.199. The minimum Gasteiger partial charge on any atom is -0.377 e. The maximum atomic E-state index is 13.0. The van der Waals surface area contributed by atoms with Crippen molar-refractivity contribution in [3.8, 4) is 0 Å². The summed E-state index contributed by atoms with van der Waals surface area (Å²) in [6.07, 6.45) is 2.61. The Morgan fingerprint density at radius 3 is 2.78 bits per heavy atom. The van der Waals surface area contributed by atoms with Crippen LogP contribution in [0.25, 0.3) is 0 Å². The Morgan fingerprint density at radius 2 is 2.13 bits per heavy atom. The summed E-state index contributed by atoms with van der Waals surface area (Å²) in [5.41, 5.74) is 0.430. The topological polar surface area (TPSA) is 44.8 Å². The zero-order valence-corrected chi connectivity index (χ0v) is 13.7. The number of halogens is 2. The minimum atomic E-state index is -0.421. The second-order valence-corrected chi connectivity index (χ2v) is 6.38. The maximum Gasteiger partial charge on any atom is 0.321 e. The number of rotatable bonds is 3. The molecule has 1 aromatic rings. The molecule has 0 aromatic heterocycles. The first-order chi connectivity index (χ1) is 11.1. The molecule has 0 bridgehead atoms. The normalized spacial score (nSPS) is 22.3. The Kier molecular flexibility index (Phi) is 5.35. The molecule has 0 aliphatic carbocycles. The van der Waals surface area contributed by atoms with Gasteiger partial charge in [-0.3, -0.25) is 4.90 Å². The molecule has 2 saturated heterocycles. The van der Waals surface area contributed by atoms with E-state index in [0.29, 0.717) is 24.9 Å². The number of anilines is 1. The maximum absolute atomic E-state index is 13.0. The van der Waals surface area contributed by atoms with Gasteiger partial charge in [-0.15, -0.1) is 0 Å². The molecule has 2 aliphatic rings. The predicted molar refractivity (Wildman–Crippen MR) is 87.4 cm³/mol. The lowest BCUT2D eigenvalue weighted by molar-refractivity contribution is 0.0572. The summed E-state index contributed by atoms with van der Waals surface area (Å²) in [4.78, 5) is 16.4. The lowest BCUT2D eigenvalue weighted by atomic mass is 10.2. The van der Waals surface area contributed by atoms with Crippen molar-refractivity contribution >= 4 is 23.3 Å². The zero-order valence-electron chi connectivity index (χ0n) is 12.9. The Balaban J connectivity index is 1.47. The van der Waals surface area contributed by atoms with Crippen LogP contribution < -0.4 is 5.32 Å². The van der Waals surface area contributed by atoms with Crippen LogP contribution in [0.2, 0.25) is 5.02 Å². The van der Waals surface area contributed by atoms with Gasteiger partial charge >= 0.3 is 6.03 Å². The van der Waals surface area contributed by atoms with Crippen LogP contribution in [0.4, 0.5) is 14.9 Å². The fourth-order valence-corrected chi connectivity index (χ4v) is 3.21. The molecule has 0 saturated carbocycles. The van der Waals surface area contributed by atoms with Crippen LogP contribution in [0.5, 0.6) is 0 Å². The third-order valence-corrected chi connectivity index (χ3v) is 4.63. The van der Waals surface area contributed by atoms with Gasteiger partial charge in [0.15, 0.2) is 0 Å². The zero-order chi connectivity index (χ0) is 16.2. The van der Waals surface area contributed by atoms with Gasteiger partial charge in [0.2, 0.25) is 0 Å². The fourth-order valence-electron chi connectivity index (χ4n) is 2.99. The van der Waals surface area contributed by atoms with Crippen molar-refractivity contribution in [1.82, 2.24) is 9.80 Å². The molecule has 2 heterocycles. The van der Waals surface area contributed by atoms with Crippen LogP contribution in [0.3, 0.4) is 0 Å². The summed E-state index contributed by atoms with van der Waals surface area (Å²) in [7, 11) is 0. The van der Waals surface area contributed by atoms with Crippen molar-refractivity contribution < 1.29 is 13.9 Å². The van der Waals surface area contributed by atoms with E-state index in [1.54, 1.807) is 4.90 Å². The van der Waals surface area contributed by atoms with Gasteiger partial charge in [0.1, 0.15) is 5.82 Å². The van der Waals surface area contributed by atoms with Crippen molar-refractivity contribution in [3.63, 3.8) is 0 Å². The summed E-state index contributed by atoms with van der Waals surface area (Å²) in [5.74, 6) is -0.421. The number of carbonyl (C=O) groups is 1. The molecule has 5 nitrogen and oxygen atoms in total. The monoisotopic (exact) mass is 341 g/mol. The lowest BCUT2D eigenvalue weighted by Gasteiger charge is -2.35. The van der Waals surface area contributed by atoms with Gasteiger partial charge in [0.25, 0.3) is 0 Å². The standard InChI is InChI=1S/C16H21ClFN3O2/c17-14-10-12(18)3-4-15(14)19-16(22)21-7-5-20(6-8-21)11-13-2-1-9-23-13/h3-4,10,13H,1-2,5-9,11H2,(H,19,22). The molecule has 3 rings (SSSR count). The molecule has 1 atom stereocenters. The predicted octanol–water partition coefficient (Wildman–Crippen LogP) is 2.81. The number of benzene rings is 1. The van der Waals surface area contributed by atoms with Crippen molar-refractivity contribution in [3.05, 3.63) is 29.0 Å². The molecular formula is C16H21ClFN3O2. The van der Waals surface area contributed by atoms with Gasteiger partial charge in [-0.25, -0.2) is 9.18 Å². The molecule has 1 aromatic carbocycles. The van der Waals surface area contributed by atoms with E-state index in [0.717, 1.165) is 39.1 Å². The van der Waals surface area contributed by atoms with Crippen LogP contribution in [0.15, 0.2) is 18.2 Å². The first-order valence-electron chi connectivity index (χ1n) is 7.97. The lowest BCUT2D eigenvalue weighted by Crippen LogP contribution is -2.51. The van der Waals surface area contributed by atoms with Crippen LogP contribution in [-0.4, -0.2) is 61.3 Å². The molecule has 2 aliphatic heterocycles. The van der Waals surface area contributed by atoms with Gasteiger partial charge < -0.3 is 15.0 Å². The van der Waals surface area contributed by atoms with Crippen LogP contribution in [0, 0.1) is 5.82 Å². The highest BCUT2D eigenvalue weighted by Crippen LogP contribution is 2.23. The summed E-state index contributed by atoms with van der Waals surface area (Å²) in [6.45, 7) is 4.81. The quantitative estimate of drug-likeness (QED) is 0.919. The molecule has 0 radical (unpaired) electrons. The van der Waals surface area contributed by atoms with Crippen molar-refractivity contribution in [1.29, 1.82) is 0 Å². The van der Waals surface area contributed by atoms with Gasteiger partial charge in [0.05, 0.1) is 16.8 Å². The second kappa shape index (κ2) is 7.47. The number of nitrogens with zero attached hydrogens (tertiary/aromatic N) is 2. The van der Waals surface area contributed by atoms with Crippen LogP contribution >= 0.6 is 11.6 Å². The highest BCUT2D eigenvalue weighted by Gasteiger charge is 2.25. The number of nitrogens with one attached hydrogen (secondary N) is 1. The third kappa shape index (κ3) is 4.34. The fraction of sp³-hybridized carbons (Fsp3) is 0.562. The van der Waals surface area contributed by atoms with E-state index in [4.69, 9.17) is 16.3 Å². The number of amides is 2. The van der Waals surface area contributed by atoms with E-state index in [1.807, 2.05) is 0 Å². The van der Waals surface area contributed by atoms with Crippen molar-refractivity contribution in [2.75, 3.05) is 44.6 Å². The first-order valence-corrected chi connectivity index (χ1v) is 8.34. The smallest absolute Gasteiger partial charge is 0.321 e. The number of carbonyl (C=O) groups excluding carboxylic acids is 1.